The summed E-state index contributed by atoms with van der Waals surface area (Å²) < 4.78 is 39.0. The fourth-order valence-corrected chi connectivity index (χ4v) is 6.98. The number of phosphoric ester groups is 1. The van der Waals surface area contributed by atoms with E-state index in [2.05, 4.69) is 52.0 Å². The van der Waals surface area contributed by atoms with E-state index in [1.807, 2.05) is 42.5 Å². The Morgan fingerprint density at radius 3 is 1.92 bits per heavy atom. The number of hydrogen-bond donors (Lipinski definition) is 3. The van der Waals surface area contributed by atoms with E-state index in [4.69, 9.17) is 28.7 Å². The molecule has 11 nitrogen and oxygen atoms in total. The van der Waals surface area contributed by atoms with Crippen LogP contribution in [0.5, 0.6) is 0 Å². The third kappa shape index (κ3) is 31.2. The highest BCUT2D eigenvalue weighted by atomic mass is 31.2. The minimum Gasteiger partial charge on any atom is -0.466 e. The summed E-state index contributed by atoms with van der Waals surface area (Å²) in [4.78, 5) is 35.0. The van der Waals surface area contributed by atoms with Crippen LogP contribution in [0.15, 0.2) is 77.3 Å². The standard InChI is InChI=1S/C49H80NO10P/c1-5-7-26-32-44(51)33-28-22-18-14-12-10-9-11-13-15-20-24-30-36-48(52)56-40-45(41-58-61(54,55)57-39-38-50)59-49(53)37-31-25-21-17-16-19-23-29-35-47-43(4)42(3)46(60-47)34-27-8-6-2/h7,10-13,18,20,22,24,26,28,33,44-45,51H,5-6,8-9,14-17,19,21,23,25,27,29-32,34-41,50H2,1-4H3,(H,54,55)/b12-10-,13-11-,22-18+,24-20-,26-7-,33-28+/t44?,45-/m1/s1. The lowest BCUT2D eigenvalue weighted by Gasteiger charge is -2.19. The smallest absolute Gasteiger partial charge is 0.466 e. The molecule has 12 heteroatoms. The summed E-state index contributed by atoms with van der Waals surface area (Å²) in [6.45, 7) is 7.70. The highest BCUT2D eigenvalue weighted by Gasteiger charge is 2.26. The Kier molecular flexibility index (Phi) is 34.0. The molecule has 0 aliphatic carbocycles. The Morgan fingerprint density at radius 1 is 0.705 bits per heavy atom. The first kappa shape index (κ1) is 55.7. The maximum absolute atomic E-state index is 12.7. The second kappa shape index (κ2) is 37.3. The number of carbonyl (C=O) groups excluding carboxylic acids is 2. The Hall–Kier alpha value is -3.31. The number of aliphatic hydroxyl groups excluding tert-OH is 1. The van der Waals surface area contributed by atoms with E-state index >= 15 is 0 Å². The van der Waals surface area contributed by atoms with Crippen molar-refractivity contribution in [3.63, 3.8) is 0 Å². The molecule has 2 unspecified atom stereocenters. The van der Waals surface area contributed by atoms with Crippen molar-refractivity contribution >= 4 is 19.8 Å². The number of carbonyl (C=O) groups is 2. The number of furan rings is 1. The van der Waals surface area contributed by atoms with Crippen molar-refractivity contribution < 1.29 is 47.1 Å². The molecule has 1 aromatic heterocycles. The van der Waals surface area contributed by atoms with Gasteiger partial charge in [-0.3, -0.25) is 18.6 Å². The van der Waals surface area contributed by atoms with E-state index in [0.717, 1.165) is 82.1 Å². The second-order valence-corrected chi connectivity index (χ2v) is 16.8. The zero-order valence-electron chi connectivity index (χ0n) is 37.9. The summed E-state index contributed by atoms with van der Waals surface area (Å²) in [5.41, 5.74) is 7.99. The lowest BCUT2D eigenvalue weighted by atomic mass is 10.0. The number of aryl methyl sites for hydroxylation is 2. The zero-order chi connectivity index (χ0) is 44.8. The van der Waals surface area contributed by atoms with Crippen LogP contribution in [0.1, 0.15) is 158 Å². The summed E-state index contributed by atoms with van der Waals surface area (Å²) in [7, 11) is -4.42. The Bertz CT molecular complexity index is 1520. The number of aliphatic hydroxyl groups is 1. The van der Waals surface area contributed by atoms with Crippen molar-refractivity contribution in [3.05, 3.63) is 95.6 Å². The molecule has 0 spiro atoms. The molecule has 0 radical (unpaired) electrons. The molecule has 1 heterocycles. The molecule has 0 aliphatic rings. The van der Waals surface area contributed by atoms with Gasteiger partial charge in [-0.2, -0.15) is 0 Å². The third-order valence-corrected chi connectivity index (χ3v) is 10.9. The van der Waals surface area contributed by atoms with Crippen molar-refractivity contribution in [2.24, 2.45) is 5.73 Å². The molecule has 0 aliphatic heterocycles. The van der Waals surface area contributed by atoms with Gasteiger partial charge in [-0.25, -0.2) is 4.57 Å². The summed E-state index contributed by atoms with van der Waals surface area (Å²) >= 11 is 0. The van der Waals surface area contributed by atoms with Gasteiger partial charge < -0.3 is 29.6 Å². The molecule has 0 fully saturated rings. The first-order valence-electron chi connectivity index (χ1n) is 22.9. The second-order valence-electron chi connectivity index (χ2n) is 15.3. The number of allylic oxidation sites excluding steroid dienone is 10. The number of phosphoric acid groups is 1. The molecule has 4 N–H and O–H groups in total. The number of unbranched alkanes of at least 4 members (excludes halogenated alkanes) is 9. The molecule has 0 amide bonds. The van der Waals surface area contributed by atoms with Gasteiger partial charge in [-0.1, -0.05) is 138 Å². The van der Waals surface area contributed by atoms with Crippen LogP contribution in [-0.2, 0) is 45.5 Å². The molecule has 0 bridgehead atoms. The zero-order valence-corrected chi connectivity index (χ0v) is 38.8. The minimum atomic E-state index is -4.42. The number of esters is 2. The lowest BCUT2D eigenvalue weighted by Crippen LogP contribution is -2.29. The van der Waals surface area contributed by atoms with Crippen LogP contribution in [0.2, 0.25) is 0 Å². The molecule has 3 atom stereocenters. The minimum absolute atomic E-state index is 0.0276. The van der Waals surface area contributed by atoms with Crippen LogP contribution < -0.4 is 5.73 Å². The van der Waals surface area contributed by atoms with E-state index < -0.39 is 38.6 Å². The number of ether oxygens (including phenoxy) is 2. The van der Waals surface area contributed by atoms with E-state index in [9.17, 15) is 24.2 Å². The molecular weight excluding hydrogens is 794 g/mol. The van der Waals surface area contributed by atoms with Crippen LogP contribution >= 0.6 is 7.82 Å². The fraction of sp³-hybridized carbons (Fsp3) is 0.633. The summed E-state index contributed by atoms with van der Waals surface area (Å²) in [5, 5.41) is 9.84. The Morgan fingerprint density at radius 2 is 1.30 bits per heavy atom. The van der Waals surface area contributed by atoms with E-state index in [1.54, 1.807) is 6.08 Å². The lowest BCUT2D eigenvalue weighted by molar-refractivity contribution is -0.161. The van der Waals surface area contributed by atoms with Gasteiger partial charge in [0, 0.05) is 32.2 Å². The topological polar surface area (TPSA) is 168 Å². The molecule has 1 rings (SSSR count). The van der Waals surface area contributed by atoms with Crippen molar-refractivity contribution in [3.8, 4) is 0 Å². The molecule has 61 heavy (non-hydrogen) atoms. The quantitative estimate of drug-likeness (QED) is 0.0190. The summed E-state index contributed by atoms with van der Waals surface area (Å²) in [6.07, 6.45) is 41.0. The first-order chi connectivity index (χ1) is 29.5. The van der Waals surface area contributed by atoms with Gasteiger partial charge in [0.25, 0.3) is 0 Å². The van der Waals surface area contributed by atoms with Crippen LogP contribution in [0.3, 0.4) is 0 Å². The maximum Gasteiger partial charge on any atom is 0.472 e. The molecule has 1 aromatic rings. The van der Waals surface area contributed by atoms with Gasteiger partial charge in [0.15, 0.2) is 6.10 Å². The van der Waals surface area contributed by atoms with Crippen molar-refractivity contribution in [1.29, 1.82) is 0 Å². The van der Waals surface area contributed by atoms with Crippen LogP contribution in [0, 0.1) is 13.8 Å². The predicted octanol–water partition coefficient (Wildman–Crippen LogP) is 11.7. The first-order valence-corrected chi connectivity index (χ1v) is 24.4. The third-order valence-electron chi connectivity index (χ3n) is 9.90. The number of nitrogens with two attached hydrogens (primary N) is 1. The van der Waals surface area contributed by atoms with Crippen molar-refractivity contribution in [2.45, 2.75) is 175 Å². The average Bonchev–Trinajstić information content (AvgIpc) is 3.51. The highest BCUT2D eigenvalue weighted by Crippen LogP contribution is 2.43. The predicted molar refractivity (Wildman–Crippen MR) is 247 cm³/mol. The van der Waals surface area contributed by atoms with E-state index in [1.165, 1.54) is 43.2 Å². The average molecular weight is 874 g/mol. The molecule has 0 aromatic carbocycles. The van der Waals surface area contributed by atoms with Crippen molar-refractivity contribution in [1.82, 2.24) is 0 Å². The normalized spacial score (nSPS) is 14.4. The highest BCUT2D eigenvalue weighted by molar-refractivity contribution is 7.47. The molecule has 346 valence electrons. The monoisotopic (exact) mass is 874 g/mol. The summed E-state index contributed by atoms with van der Waals surface area (Å²) in [6, 6.07) is 0. The fourth-order valence-electron chi connectivity index (χ4n) is 6.22. The van der Waals surface area contributed by atoms with Gasteiger partial charge in [0.05, 0.1) is 19.3 Å². The molecule has 0 saturated heterocycles. The van der Waals surface area contributed by atoms with Crippen molar-refractivity contribution in [2.75, 3.05) is 26.4 Å². The van der Waals surface area contributed by atoms with E-state index in [0.29, 0.717) is 19.3 Å². The van der Waals surface area contributed by atoms with Gasteiger partial charge >= 0.3 is 19.8 Å². The van der Waals surface area contributed by atoms with Gasteiger partial charge in [0.2, 0.25) is 0 Å². The van der Waals surface area contributed by atoms with E-state index in [-0.39, 0.29) is 32.6 Å². The Balaban J connectivity index is 2.31. The van der Waals surface area contributed by atoms with Gasteiger partial charge in [-0.15, -0.1) is 0 Å². The summed E-state index contributed by atoms with van der Waals surface area (Å²) in [5.74, 6) is 1.34. The number of rotatable bonds is 38. The number of hydrogen-bond acceptors (Lipinski definition) is 10. The Labute approximate surface area is 368 Å². The maximum atomic E-state index is 12.7. The largest absolute Gasteiger partial charge is 0.472 e. The molecular formula is C49H80NO10P. The van der Waals surface area contributed by atoms with Gasteiger partial charge in [-0.05, 0) is 82.8 Å². The van der Waals surface area contributed by atoms with Gasteiger partial charge in [0.1, 0.15) is 18.1 Å². The van der Waals surface area contributed by atoms with Crippen LogP contribution in [0.4, 0.5) is 0 Å². The molecule has 0 saturated carbocycles. The SMILES string of the molecule is CC/C=C\CC(O)/C=C/C=C/C/C=C\C/C=C\C/C=C\CCC(=O)OC[C@H](COP(=O)(O)OCCN)OC(=O)CCCCCCCCCCc1oc(CCCCC)c(C)c1C. The van der Waals surface area contributed by atoms with Crippen LogP contribution in [-0.4, -0.2) is 60.5 Å². The van der Waals surface area contributed by atoms with Crippen LogP contribution in [0.25, 0.3) is 0 Å².